The first-order valence-electron chi connectivity index (χ1n) is 9.47. The number of anilines is 1. The quantitative estimate of drug-likeness (QED) is 0.591. The molecule has 0 heterocycles. The summed E-state index contributed by atoms with van der Waals surface area (Å²) >= 11 is 6.22. The number of carbonyl (C=O) groups is 2. The normalized spacial score (nSPS) is 10.4. The van der Waals surface area contributed by atoms with E-state index in [1.165, 1.54) is 19.2 Å². The van der Waals surface area contributed by atoms with Crippen molar-refractivity contribution in [1.82, 2.24) is 0 Å². The number of carbonyl (C=O) groups excluding carboxylic acids is 2. The fourth-order valence-corrected chi connectivity index (χ4v) is 3.04. The number of hydrogen-bond acceptors (Lipinski definition) is 5. The van der Waals surface area contributed by atoms with Gasteiger partial charge in [-0.3, -0.25) is 4.79 Å². The van der Waals surface area contributed by atoms with Crippen LogP contribution in [0.3, 0.4) is 0 Å². The Morgan fingerprint density at radius 3 is 2.59 bits per heavy atom. The van der Waals surface area contributed by atoms with Crippen molar-refractivity contribution in [2.24, 2.45) is 0 Å². The average Bonchev–Trinajstić information content (AvgIpc) is 2.71. The van der Waals surface area contributed by atoms with Gasteiger partial charge in [-0.25, -0.2) is 4.79 Å². The van der Waals surface area contributed by atoms with E-state index >= 15 is 0 Å². The Morgan fingerprint density at radius 2 is 1.93 bits per heavy atom. The van der Waals surface area contributed by atoms with Gasteiger partial charge in [-0.15, -0.1) is 0 Å². The predicted molar refractivity (Wildman–Crippen MR) is 113 cm³/mol. The Morgan fingerprint density at radius 1 is 1.17 bits per heavy atom. The van der Waals surface area contributed by atoms with E-state index in [4.69, 9.17) is 25.8 Å². The number of esters is 1. The van der Waals surface area contributed by atoms with Gasteiger partial charge in [0.2, 0.25) is 0 Å². The molecule has 0 fully saturated rings. The topological polar surface area (TPSA) is 73.9 Å². The van der Waals surface area contributed by atoms with E-state index in [1.54, 1.807) is 0 Å². The Balaban J connectivity index is 2.05. The Labute approximate surface area is 176 Å². The van der Waals surface area contributed by atoms with Gasteiger partial charge in [0, 0.05) is 5.69 Å². The van der Waals surface area contributed by atoms with Crippen LogP contribution in [-0.4, -0.2) is 32.2 Å². The van der Waals surface area contributed by atoms with Gasteiger partial charge in [-0.05, 0) is 43.0 Å². The van der Waals surface area contributed by atoms with Crippen LogP contribution in [0.2, 0.25) is 5.02 Å². The largest absolute Gasteiger partial charge is 0.493 e. The molecule has 0 aliphatic rings. The van der Waals surface area contributed by atoms with Crippen molar-refractivity contribution in [1.29, 1.82) is 0 Å². The third-order valence-corrected chi connectivity index (χ3v) is 4.54. The summed E-state index contributed by atoms with van der Waals surface area (Å²) < 4.78 is 16.0. The van der Waals surface area contributed by atoms with Crippen LogP contribution in [-0.2, 0) is 16.0 Å². The first-order chi connectivity index (χ1) is 13.9. The average molecular weight is 420 g/mol. The van der Waals surface area contributed by atoms with Crippen molar-refractivity contribution in [3.8, 4) is 11.5 Å². The molecule has 0 aliphatic heterocycles. The van der Waals surface area contributed by atoms with E-state index in [2.05, 4.69) is 5.32 Å². The smallest absolute Gasteiger partial charge is 0.338 e. The van der Waals surface area contributed by atoms with Gasteiger partial charge in [0.15, 0.2) is 18.1 Å². The van der Waals surface area contributed by atoms with Crippen LogP contribution in [0, 0.1) is 6.92 Å². The molecule has 6 nitrogen and oxygen atoms in total. The van der Waals surface area contributed by atoms with Gasteiger partial charge < -0.3 is 19.5 Å². The second kappa shape index (κ2) is 10.7. The SMILES string of the molecule is CCCOc1c(Cl)cc(C(=O)OCC(=O)Nc2c(C)cccc2CC)cc1OC. The molecule has 0 radical (unpaired) electrons. The molecule has 7 heteroatoms. The minimum atomic E-state index is -0.678. The standard InChI is InChI=1S/C22H26ClNO5/c1-5-10-28-21-17(23)11-16(12-18(21)27-4)22(26)29-13-19(25)24-20-14(3)8-7-9-15(20)6-2/h7-9,11-12H,5-6,10,13H2,1-4H3,(H,24,25). The number of benzene rings is 2. The molecular formula is C22H26ClNO5. The molecule has 1 amide bonds. The number of hydrogen-bond donors (Lipinski definition) is 1. The van der Waals surface area contributed by atoms with Crippen molar-refractivity contribution in [3.05, 3.63) is 52.0 Å². The lowest BCUT2D eigenvalue weighted by Crippen LogP contribution is -2.22. The van der Waals surface area contributed by atoms with Gasteiger partial charge in [0.05, 0.1) is 24.3 Å². The molecule has 0 atom stereocenters. The van der Waals surface area contributed by atoms with E-state index in [0.29, 0.717) is 18.1 Å². The third kappa shape index (κ3) is 5.87. The maximum atomic E-state index is 12.4. The maximum Gasteiger partial charge on any atom is 0.338 e. The third-order valence-electron chi connectivity index (χ3n) is 4.25. The van der Waals surface area contributed by atoms with Crippen LogP contribution in [0.4, 0.5) is 5.69 Å². The van der Waals surface area contributed by atoms with Gasteiger partial charge in [0.25, 0.3) is 5.91 Å². The molecule has 0 saturated heterocycles. The van der Waals surface area contributed by atoms with E-state index in [1.807, 2.05) is 39.0 Å². The van der Waals surface area contributed by atoms with Crippen molar-refractivity contribution < 1.29 is 23.8 Å². The van der Waals surface area contributed by atoms with E-state index in [0.717, 1.165) is 29.7 Å². The summed E-state index contributed by atoms with van der Waals surface area (Å²) in [7, 11) is 1.46. The predicted octanol–water partition coefficient (Wildman–Crippen LogP) is 4.80. The lowest BCUT2D eigenvalue weighted by molar-refractivity contribution is -0.119. The van der Waals surface area contributed by atoms with Crippen LogP contribution in [0.25, 0.3) is 0 Å². The monoisotopic (exact) mass is 419 g/mol. The number of methoxy groups -OCH3 is 1. The molecule has 2 aromatic carbocycles. The number of rotatable bonds is 9. The van der Waals surface area contributed by atoms with Crippen molar-refractivity contribution >= 4 is 29.2 Å². The van der Waals surface area contributed by atoms with E-state index < -0.39 is 18.5 Å². The highest BCUT2D eigenvalue weighted by Crippen LogP contribution is 2.36. The summed E-state index contributed by atoms with van der Waals surface area (Å²) in [4.78, 5) is 24.7. The van der Waals surface area contributed by atoms with Crippen LogP contribution in [0.1, 0.15) is 41.8 Å². The number of para-hydroxylation sites is 1. The minimum absolute atomic E-state index is 0.175. The zero-order valence-electron chi connectivity index (χ0n) is 17.1. The second-order valence-corrected chi connectivity index (χ2v) is 6.83. The van der Waals surface area contributed by atoms with E-state index in [9.17, 15) is 9.59 Å². The number of ether oxygens (including phenoxy) is 3. The van der Waals surface area contributed by atoms with Crippen LogP contribution < -0.4 is 14.8 Å². The summed E-state index contributed by atoms with van der Waals surface area (Å²) in [6.07, 6.45) is 1.58. The summed E-state index contributed by atoms with van der Waals surface area (Å²) in [6.45, 7) is 5.95. The molecule has 0 saturated carbocycles. The summed E-state index contributed by atoms with van der Waals surface area (Å²) in [5.74, 6) is -0.391. The molecule has 0 unspecified atom stereocenters. The van der Waals surface area contributed by atoms with Crippen molar-refractivity contribution in [2.75, 3.05) is 25.6 Å². The molecular weight excluding hydrogens is 394 g/mol. The molecule has 2 rings (SSSR count). The maximum absolute atomic E-state index is 12.4. The van der Waals surface area contributed by atoms with Crippen molar-refractivity contribution in [2.45, 2.75) is 33.6 Å². The zero-order chi connectivity index (χ0) is 21.4. The number of aryl methyl sites for hydroxylation is 2. The fourth-order valence-electron chi connectivity index (χ4n) is 2.77. The van der Waals surface area contributed by atoms with Gasteiger partial charge in [0.1, 0.15) is 0 Å². The number of amides is 1. The zero-order valence-corrected chi connectivity index (χ0v) is 17.9. The number of nitrogens with one attached hydrogen (secondary N) is 1. The van der Waals surface area contributed by atoms with Crippen LogP contribution in [0.5, 0.6) is 11.5 Å². The lowest BCUT2D eigenvalue weighted by Gasteiger charge is -2.14. The molecule has 0 aliphatic carbocycles. The molecule has 0 spiro atoms. The number of halogens is 1. The van der Waals surface area contributed by atoms with Crippen LogP contribution in [0.15, 0.2) is 30.3 Å². The first kappa shape index (κ1) is 22.6. The summed E-state index contributed by atoms with van der Waals surface area (Å²) in [6, 6.07) is 8.72. The van der Waals surface area contributed by atoms with Gasteiger partial charge in [-0.1, -0.05) is 43.6 Å². The fraction of sp³-hybridized carbons (Fsp3) is 0.364. The van der Waals surface area contributed by atoms with E-state index in [-0.39, 0.29) is 10.6 Å². The minimum Gasteiger partial charge on any atom is -0.493 e. The summed E-state index contributed by atoms with van der Waals surface area (Å²) in [5, 5.41) is 3.05. The highest BCUT2D eigenvalue weighted by molar-refractivity contribution is 6.32. The molecule has 156 valence electrons. The lowest BCUT2D eigenvalue weighted by atomic mass is 10.1. The first-order valence-corrected chi connectivity index (χ1v) is 9.84. The Hall–Kier alpha value is -2.73. The molecule has 29 heavy (non-hydrogen) atoms. The highest BCUT2D eigenvalue weighted by atomic mass is 35.5. The highest BCUT2D eigenvalue weighted by Gasteiger charge is 2.18. The molecule has 2 aromatic rings. The van der Waals surface area contributed by atoms with Crippen molar-refractivity contribution in [3.63, 3.8) is 0 Å². The molecule has 1 N–H and O–H groups in total. The second-order valence-electron chi connectivity index (χ2n) is 6.42. The van der Waals surface area contributed by atoms with Crippen LogP contribution >= 0.6 is 11.6 Å². The van der Waals surface area contributed by atoms with Gasteiger partial charge >= 0.3 is 5.97 Å². The Bertz CT molecular complexity index is 882. The Kier molecular flexibility index (Phi) is 8.34. The molecule has 0 bridgehead atoms. The summed E-state index contributed by atoms with van der Waals surface area (Å²) in [5.41, 5.74) is 2.89. The molecule has 0 aromatic heterocycles. The van der Waals surface area contributed by atoms with Gasteiger partial charge in [-0.2, -0.15) is 0 Å².